The molecule has 0 saturated carbocycles. The van der Waals surface area contributed by atoms with Gasteiger partial charge in [-0.1, -0.05) is 5.16 Å². The van der Waals surface area contributed by atoms with E-state index in [0.717, 1.165) is 6.07 Å². The number of nitrogens with zero attached hydrogens (tertiary/aromatic N) is 1. The summed E-state index contributed by atoms with van der Waals surface area (Å²) in [7, 11) is 0. The van der Waals surface area contributed by atoms with Gasteiger partial charge in [0.2, 0.25) is 0 Å². The molecular weight excluding hydrogens is 239 g/mol. The van der Waals surface area contributed by atoms with Gasteiger partial charge in [0.1, 0.15) is 22.9 Å². The molecule has 18 heavy (non-hydrogen) atoms. The highest BCUT2D eigenvalue weighted by molar-refractivity contribution is 6.05. The highest BCUT2D eigenvalue weighted by Gasteiger charge is 2.18. The minimum absolute atomic E-state index is 0.0159. The first-order chi connectivity index (χ1) is 8.49. The Labute approximate surface area is 102 Å². The minimum atomic E-state index is -0.713. The van der Waals surface area contributed by atoms with E-state index in [1.807, 2.05) is 0 Å². The van der Waals surface area contributed by atoms with Crippen LogP contribution >= 0.6 is 0 Å². The van der Waals surface area contributed by atoms with Gasteiger partial charge in [0.25, 0.3) is 5.91 Å². The zero-order chi connectivity index (χ0) is 13.3. The lowest BCUT2D eigenvalue weighted by Crippen LogP contribution is -2.14. The van der Waals surface area contributed by atoms with Gasteiger partial charge in [0, 0.05) is 6.07 Å². The van der Waals surface area contributed by atoms with E-state index in [4.69, 9.17) is 9.63 Å². The van der Waals surface area contributed by atoms with E-state index >= 15 is 0 Å². The first-order valence-corrected chi connectivity index (χ1v) is 5.22. The molecule has 0 saturated heterocycles. The fourth-order valence-corrected chi connectivity index (χ4v) is 1.60. The van der Waals surface area contributed by atoms with Crippen molar-refractivity contribution in [3.63, 3.8) is 0 Å². The number of rotatable bonds is 2. The molecule has 1 amide bonds. The lowest BCUT2D eigenvalue weighted by Gasteiger charge is -2.06. The van der Waals surface area contributed by atoms with Crippen LogP contribution in [0.25, 0.3) is 0 Å². The number of anilines is 1. The summed E-state index contributed by atoms with van der Waals surface area (Å²) >= 11 is 0. The lowest BCUT2D eigenvalue weighted by molar-refractivity contribution is 0.102. The molecule has 2 rings (SSSR count). The Kier molecular flexibility index (Phi) is 3.01. The summed E-state index contributed by atoms with van der Waals surface area (Å²) in [4.78, 5) is 11.9. The third-order valence-corrected chi connectivity index (χ3v) is 2.46. The summed E-state index contributed by atoms with van der Waals surface area (Å²) in [6.45, 7) is 3.22. The van der Waals surface area contributed by atoms with Crippen molar-refractivity contribution < 1.29 is 18.8 Å². The molecule has 0 unspecified atom stereocenters. The monoisotopic (exact) mass is 250 g/mol. The molecule has 1 aromatic carbocycles. The maximum absolute atomic E-state index is 13.4. The summed E-state index contributed by atoms with van der Waals surface area (Å²) in [5.41, 5.74) is 0.699. The van der Waals surface area contributed by atoms with E-state index in [2.05, 4.69) is 10.5 Å². The molecule has 0 atom stereocenters. The highest BCUT2D eigenvalue weighted by atomic mass is 19.1. The van der Waals surface area contributed by atoms with Crippen molar-refractivity contribution in [1.29, 1.82) is 0 Å². The van der Waals surface area contributed by atoms with Crippen LogP contribution in [0.5, 0.6) is 5.75 Å². The topological polar surface area (TPSA) is 75.4 Å². The van der Waals surface area contributed by atoms with Crippen molar-refractivity contribution in [2.45, 2.75) is 13.8 Å². The van der Waals surface area contributed by atoms with Gasteiger partial charge in [0.15, 0.2) is 0 Å². The summed E-state index contributed by atoms with van der Waals surface area (Å²) in [5, 5.41) is 15.1. The molecular formula is C12H11FN2O3. The number of amides is 1. The van der Waals surface area contributed by atoms with E-state index in [-0.39, 0.29) is 17.0 Å². The molecule has 0 aliphatic heterocycles. The second-order valence-electron chi connectivity index (χ2n) is 3.82. The zero-order valence-corrected chi connectivity index (χ0v) is 9.82. The van der Waals surface area contributed by atoms with E-state index in [1.54, 1.807) is 13.8 Å². The fourth-order valence-electron chi connectivity index (χ4n) is 1.60. The SMILES string of the molecule is Cc1noc(C)c1C(=O)Nc1ccc(O)cc1F. The number of nitrogens with one attached hydrogen (secondary N) is 1. The Morgan fingerprint density at radius 1 is 1.44 bits per heavy atom. The molecule has 0 fully saturated rings. The summed E-state index contributed by atoms with van der Waals surface area (Å²) in [5.74, 6) is -1.06. The van der Waals surface area contributed by atoms with Gasteiger partial charge < -0.3 is 14.9 Å². The second-order valence-corrected chi connectivity index (χ2v) is 3.82. The quantitative estimate of drug-likeness (QED) is 0.802. The number of hydrogen-bond donors (Lipinski definition) is 2. The van der Waals surface area contributed by atoms with Crippen LogP contribution in [0.2, 0.25) is 0 Å². The fraction of sp³-hybridized carbons (Fsp3) is 0.167. The third-order valence-electron chi connectivity index (χ3n) is 2.46. The first-order valence-electron chi connectivity index (χ1n) is 5.22. The molecule has 2 aromatic rings. The van der Waals surface area contributed by atoms with E-state index in [9.17, 15) is 9.18 Å². The number of aryl methyl sites for hydroxylation is 2. The Hall–Kier alpha value is -2.37. The number of carbonyl (C=O) groups is 1. The van der Waals surface area contributed by atoms with Crippen LogP contribution in [0.15, 0.2) is 22.7 Å². The highest BCUT2D eigenvalue weighted by Crippen LogP contribution is 2.21. The molecule has 6 heteroatoms. The number of hydrogen-bond acceptors (Lipinski definition) is 4. The van der Waals surface area contributed by atoms with Crippen LogP contribution in [0.4, 0.5) is 10.1 Å². The van der Waals surface area contributed by atoms with Gasteiger partial charge in [-0.25, -0.2) is 4.39 Å². The summed E-state index contributed by atoms with van der Waals surface area (Å²) in [6.07, 6.45) is 0. The maximum atomic E-state index is 13.4. The van der Waals surface area contributed by atoms with Crippen LogP contribution in [0, 0.1) is 19.7 Å². The minimum Gasteiger partial charge on any atom is -0.508 e. The van der Waals surface area contributed by atoms with Crippen molar-refractivity contribution >= 4 is 11.6 Å². The average molecular weight is 250 g/mol. The number of benzene rings is 1. The number of aromatic hydroxyl groups is 1. The molecule has 2 N–H and O–H groups in total. The second kappa shape index (κ2) is 4.48. The smallest absolute Gasteiger partial charge is 0.261 e. The Morgan fingerprint density at radius 3 is 2.72 bits per heavy atom. The van der Waals surface area contributed by atoms with Crippen LogP contribution in [-0.2, 0) is 0 Å². The number of halogens is 1. The molecule has 1 aromatic heterocycles. The number of aromatic nitrogens is 1. The maximum Gasteiger partial charge on any atom is 0.261 e. The van der Waals surface area contributed by atoms with Gasteiger partial charge >= 0.3 is 0 Å². The number of phenolic OH excluding ortho intramolecular Hbond substituents is 1. The Morgan fingerprint density at radius 2 is 2.17 bits per heavy atom. The molecule has 0 bridgehead atoms. The lowest BCUT2D eigenvalue weighted by atomic mass is 10.2. The van der Waals surface area contributed by atoms with Crippen molar-refractivity contribution in [2.24, 2.45) is 0 Å². The largest absolute Gasteiger partial charge is 0.508 e. The molecule has 0 aliphatic rings. The molecule has 0 aliphatic carbocycles. The van der Waals surface area contributed by atoms with E-state index in [0.29, 0.717) is 11.5 Å². The van der Waals surface area contributed by atoms with Crippen LogP contribution < -0.4 is 5.32 Å². The van der Waals surface area contributed by atoms with Crippen LogP contribution in [0.1, 0.15) is 21.8 Å². The van der Waals surface area contributed by atoms with Crippen molar-refractivity contribution in [3.8, 4) is 5.75 Å². The molecule has 94 valence electrons. The van der Waals surface area contributed by atoms with Gasteiger partial charge in [-0.3, -0.25) is 4.79 Å². The molecule has 0 radical (unpaired) electrons. The van der Waals surface area contributed by atoms with Crippen molar-refractivity contribution in [3.05, 3.63) is 41.0 Å². The Bertz CT molecular complexity index is 588. The number of carbonyl (C=O) groups excluding carboxylic acids is 1. The summed E-state index contributed by atoms with van der Waals surface area (Å²) in [6, 6.07) is 3.48. The van der Waals surface area contributed by atoms with Gasteiger partial charge in [-0.05, 0) is 26.0 Å². The first kappa shape index (κ1) is 12.1. The van der Waals surface area contributed by atoms with E-state index in [1.165, 1.54) is 12.1 Å². The normalized spacial score (nSPS) is 10.4. The molecule has 5 nitrogen and oxygen atoms in total. The van der Waals surface area contributed by atoms with Crippen LogP contribution in [0.3, 0.4) is 0 Å². The van der Waals surface area contributed by atoms with E-state index < -0.39 is 11.7 Å². The predicted octanol–water partition coefficient (Wildman–Crippen LogP) is 2.39. The average Bonchev–Trinajstić information content (AvgIpc) is 2.62. The van der Waals surface area contributed by atoms with Gasteiger partial charge in [0.05, 0.1) is 11.4 Å². The number of phenols is 1. The van der Waals surface area contributed by atoms with Gasteiger partial charge in [-0.15, -0.1) is 0 Å². The molecule has 1 heterocycles. The standard InChI is InChI=1S/C12H11FN2O3/c1-6-11(7(2)18-15-6)12(17)14-10-4-3-8(16)5-9(10)13/h3-5,16H,1-2H3,(H,14,17). The van der Waals surface area contributed by atoms with Crippen molar-refractivity contribution in [1.82, 2.24) is 5.16 Å². The molecule has 0 spiro atoms. The van der Waals surface area contributed by atoms with Crippen molar-refractivity contribution in [2.75, 3.05) is 5.32 Å². The zero-order valence-electron chi connectivity index (χ0n) is 9.82. The van der Waals surface area contributed by atoms with Crippen LogP contribution in [-0.4, -0.2) is 16.2 Å². The summed E-state index contributed by atoms with van der Waals surface area (Å²) < 4.78 is 18.3. The third kappa shape index (κ3) is 2.17. The van der Waals surface area contributed by atoms with Gasteiger partial charge in [-0.2, -0.15) is 0 Å². The predicted molar refractivity (Wildman–Crippen MR) is 62.0 cm³/mol. The Balaban J connectivity index is 2.27.